The van der Waals surface area contributed by atoms with Crippen LogP contribution in [0.4, 0.5) is 0 Å². The lowest BCUT2D eigenvalue weighted by molar-refractivity contribution is -0.162. The molecule has 4 rings (SSSR count). The van der Waals surface area contributed by atoms with Crippen LogP contribution in [0.25, 0.3) is 0 Å². The molecule has 1 aromatic rings. The molecule has 6 nitrogen and oxygen atoms in total. The van der Waals surface area contributed by atoms with Crippen LogP contribution in [0.3, 0.4) is 0 Å². The van der Waals surface area contributed by atoms with Crippen LogP contribution < -0.4 is 0 Å². The van der Waals surface area contributed by atoms with Gasteiger partial charge in [0.2, 0.25) is 6.29 Å². The summed E-state index contributed by atoms with van der Waals surface area (Å²) in [6.45, 7) is 2.83. The summed E-state index contributed by atoms with van der Waals surface area (Å²) in [7, 11) is 0. The Hall–Kier alpha value is -1.89. The predicted molar refractivity (Wildman–Crippen MR) is 108 cm³/mol. The number of aliphatic hydroxyl groups excluding tert-OH is 1. The van der Waals surface area contributed by atoms with Gasteiger partial charge < -0.3 is 24.2 Å². The number of benzene rings is 1. The number of carbonyl (C=O) groups excluding carboxylic acids is 1. The molecular formula is C23H31NO5. The van der Waals surface area contributed by atoms with Gasteiger partial charge in [-0.05, 0) is 41.9 Å². The van der Waals surface area contributed by atoms with Gasteiger partial charge in [-0.25, -0.2) is 0 Å². The standard InChI is InChI=1S/C23H31NO5/c25-15-17-5-7-18(8-6-17)16-28-22-14-20(19-3-1-2-4-19)13-21(29-22)23(26)24-9-11-27-12-10-24/h5-8,13,19-20,22,25H,1-4,9-12,14-16H2/t20-,22+/m1/s1. The van der Waals surface area contributed by atoms with Gasteiger partial charge in [0.1, 0.15) is 0 Å². The van der Waals surface area contributed by atoms with Crippen LogP contribution in [0.2, 0.25) is 0 Å². The second-order valence-electron chi connectivity index (χ2n) is 8.21. The summed E-state index contributed by atoms with van der Waals surface area (Å²) in [5.41, 5.74) is 1.91. The molecule has 1 saturated carbocycles. The third-order valence-corrected chi connectivity index (χ3v) is 6.24. The van der Waals surface area contributed by atoms with Crippen molar-refractivity contribution >= 4 is 5.91 Å². The molecule has 2 atom stereocenters. The number of carbonyl (C=O) groups is 1. The van der Waals surface area contributed by atoms with E-state index in [2.05, 4.69) is 6.08 Å². The first-order valence-corrected chi connectivity index (χ1v) is 10.8. The fourth-order valence-electron chi connectivity index (χ4n) is 4.50. The average molecular weight is 402 g/mol. The molecule has 1 aliphatic carbocycles. The second-order valence-corrected chi connectivity index (χ2v) is 8.21. The molecule has 1 N–H and O–H groups in total. The van der Waals surface area contributed by atoms with Gasteiger partial charge in [0.15, 0.2) is 5.76 Å². The van der Waals surface area contributed by atoms with Crippen LogP contribution in [-0.2, 0) is 32.2 Å². The monoisotopic (exact) mass is 401 g/mol. The maximum atomic E-state index is 13.0. The van der Waals surface area contributed by atoms with Crippen LogP contribution in [0.15, 0.2) is 36.1 Å². The van der Waals surface area contributed by atoms with Crippen LogP contribution in [-0.4, -0.2) is 48.5 Å². The largest absolute Gasteiger partial charge is 0.459 e. The zero-order valence-corrected chi connectivity index (χ0v) is 16.9. The molecule has 158 valence electrons. The zero-order valence-electron chi connectivity index (χ0n) is 16.9. The van der Waals surface area contributed by atoms with Crippen molar-refractivity contribution in [3.63, 3.8) is 0 Å². The van der Waals surface area contributed by atoms with Crippen molar-refractivity contribution in [2.75, 3.05) is 26.3 Å². The Kier molecular flexibility index (Phi) is 6.85. The SMILES string of the molecule is O=C(C1=C[C@@H](C2CCCC2)C[C@@H](OCc2ccc(CO)cc2)O1)N1CCOCC1. The number of hydrogen-bond acceptors (Lipinski definition) is 5. The van der Waals surface area contributed by atoms with Crippen molar-refractivity contribution in [1.82, 2.24) is 4.90 Å². The molecule has 2 fully saturated rings. The molecule has 2 aliphatic heterocycles. The Bertz CT molecular complexity index is 704. The highest BCUT2D eigenvalue weighted by Crippen LogP contribution is 2.38. The molecule has 3 aliphatic rings. The van der Waals surface area contributed by atoms with E-state index in [1.54, 1.807) is 0 Å². The minimum atomic E-state index is -0.414. The van der Waals surface area contributed by atoms with Gasteiger partial charge in [0, 0.05) is 19.5 Å². The normalized spacial score (nSPS) is 25.6. The lowest BCUT2D eigenvalue weighted by Gasteiger charge is -2.34. The minimum absolute atomic E-state index is 0.0355. The van der Waals surface area contributed by atoms with Crippen molar-refractivity contribution in [3.05, 3.63) is 47.2 Å². The summed E-state index contributed by atoms with van der Waals surface area (Å²) < 4.78 is 17.5. The second kappa shape index (κ2) is 9.74. The van der Waals surface area contributed by atoms with E-state index in [1.165, 1.54) is 25.7 Å². The number of morpholine rings is 1. The van der Waals surface area contributed by atoms with E-state index in [0.717, 1.165) is 17.5 Å². The fourth-order valence-corrected chi connectivity index (χ4v) is 4.50. The highest BCUT2D eigenvalue weighted by Gasteiger charge is 2.35. The van der Waals surface area contributed by atoms with Gasteiger partial charge in [-0.2, -0.15) is 0 Å². The lowest BCUT2D eigenvalue weighted by atomic mass is 9.86. The van der Waals surface area contributed by atoms with Crippen LogP contribution in [0.5, 0.6) is 0 Å². The summed E-state index contributed by atoms with van der Waals surface area (Å²) >= 11 is 0. The van der Waals surface area contributed by atoms with Crippen LogP contribution >= 0.6 is 0 Å². The van der Waals surface area contributed by atoms with E-state index in [1.807, 2.05) is 29.2 Å². The van der Waals surface area contributed by atoms with Crippen molar-refractivity contribution in [1.29, 1.82) is 0 Å². The zero-order chi connectivity index (χ0) is 20.1. The van der Waals surface area contributed by atoms with Crippen LogP contribution in [0.1, 0.15) is 43.2 Å². The smallest absolute Gasteiger partial charge is 0.288 e. The van der Waals surface area contributed by atoms with Gasteiger partial charge in [-0.15, -0.1) is 0 Å². The Balaban J connectivity index is 1.43. The van der Waals surface area contributed by atoms with Gasteiger partial charge in [0.05, 0.1) is 26.4 Å². The third-order valence-electron chi connectivity index (χ3n) is 6.24. The molecule has 1 saturated heterocycles. The van der Waals surface area contributed by atoms with E-state index < -0.39 is 6.29 Å². The molecule has 1 aromatic carbocycles. The Morgan fingerprint density at radius 1 is 1.10 bits per heavy atom. The van der Waals surface area contributed by atoms with Crippen molar-refractivity contribution in [2.45, 2.75) is 51.6 Å². The third kappa shape index (κ3) is 5.18. The number of aliphatic hydroxyl groups is 1. The van der Waals surface area contributed by atoms with Gasteiger partial charge >= 0.3 is 0 Å². The number of ether oxygens (including phenoxy) is 3. The number of nitrogens with zero attached hydrogens (tertiary/aromatic N) is 1. The molecule has 0 spiro atoms. The average Bonchev–Trinajstić information content (AvgIpc) is 3.33. The van der Waals surface area contributed by atoms with Crippen molar-refractivity contribution in [3.8, 4) is 0 Å². The Morgan fingerprint density at radius 2 is 1.79 bits per heavy atom. The van der Waals surface area contributed by atoms with Crippen molar-refractivity contribution in [2.24, 2.45) is 11.8 Å². The predicted octanol–water partition coefficient (Wildman–Crippen LogP) is 2.99. The van der Waals surface area contributed by atoms with Gasteiger partial charge in [0.25, 0.3) is 5.91 Å². The Morgan fingerprint density at radius 3 is 2.48 bits per heavy atom. The number of rotatable bonds is 6. The topological polar surface area (TPSA) is 68.2 Å². The van der Waals surface area contributed by atoms with E-state index in [-0.39, 0.29) is 12.5 Å². The molecular weight excluding hydrogens is 370 g/mol. The number of allylic oxidation sites excluding steroid dienone is 1. The van der Waals surface area contributed by atoms with Crippen LogP contribution in [0, 0.1) is 11.8 Å². The van der Waals surface area contributed by atoms with E-state index in [0.29, 0.717) is 50.5 Å². The van der Waals surface area contributed by atoms with Crippen molar-refractivity contribution < 1.29 is 24.1 Å². The highest BCUT2D eigenvalue weighted by molar-refractivity contribution is 5.91. The van der Waals surface area contributed by atoms with E-state index >= 15 is 0 Å². The molecule has 0 unspecified atom stereocenters. The van der Waals surface area contributed by atoms with Gasteiger partial charge in [-0.3, -0.25) is 4.79 Å². The lowest BCUT2D eigenvalue weighted by Crippen LogP contribution is -2.43. The molecule has 6 heteroatoms. The Labute approximate surface area is 172 Å². The summed E-state index contributed by atoms with van der Waals surface area (Å²) in [6, 6.07) is 7.71. The first kappa shape index (κ1) is 20.4. The quantitative estimate of drug-likeness (QED) is 0.794. The summed E-state index contributed by atoms with van der Waals surface area (Å²) in [5, 5.41) is 9.18. The number of hydrogen-bond donors (Lipinski definition) is 1. The summed E-state index contributed by atoms with van der Waals surface area (Å²) in [5.74, 6) is 1.34. The highest BCUT2D eigenvalue weighted by atomic mass is 16.7. The molecule has 0 aromatic heterocycles. The molecule has 2 heterocycles. The number of amides is 1. The summed E-state index contributed by atoms with van der Waals surface area (Å²) in [6.07, 6.45) is 7.41. The maximum Gasteiger partial charge on any atom is 0.288 e. The van der Waals surface area contributed by atoms with Gasteiger partial charge in [-0.1, -0.05) is 37.1 Å². The molecule has 0 radical (unpaired) electrons. The van der Waals surface area contributed by atoms with E-state index in [4.69, 9.17) is 14.2 Å². The van der Waals surface area contributed by atoms with E-state index in [9.17, 15) is 9.90 Å². The molecule has 29 heavy (non-hydrogen) atoms. The summed E-state index contributed by atoms with van der Waals surface area (Å²) in [4.78, 5) is 14.8. The minimum Gasteiger partial charge on any atom is -0.459 e. The first-order valence-electron chi connectivity index (χ1n) is 10.8. The molecule has 1 amide bonds. The first-order chi connectivity index (χ1) is 14.2. The maximum absolute atomic E-state index is 13.0. The molecule has 0 bridgehead atoms. The fraction of sp³-hybridized carbons (Fsp3) is 0.609.